The number of halogens is 1. The number of nitrogens with one attached hydrogen (secondary N) is 1. The van der Waals surface area contributed by atoms with Crippen molar-refractivity contribution >= 4 is 38.8 Å². The molecule has 1 aliphatic carbocycles. The van der Waals surface area contributed by atoms with Gasteiger partial charge in [0.2, 0.25) is 0 Å². The molecule has 0 amide bonds. The molecule has 1 saturated carbocycles. The van der Waals surface area contributed by atoms with Gasteiger partial charge in [-0.25, -0.2) is 0 Å². The van der Waals surface area contributed by atoms with E-state index < -0.39 is 0 Å². The van der Waals surface area contributed by atoms with Crippen LogP contribution < -0.4 is 11.1 Å². The highest BCUT2D eigenvalue weighted by Crippen LogP contribution is 2.25. The van der Waals surface area contributed by atoms with Gasteiger partial charge in [-0.05, 0) is 38.1 Å². The predicted octanol–water partition coefficient (Wildman–Crippen LogP) is 2.59. The van der Waals surface area contributed by atoms with Crippen LogP contribution >= 0.6 is 28.1 Å². The lowest BCUT2D eigenvalue weighted by molar-refractivity contribution is 0.337. The Labute approximate surface area is 122 Å². The zero-order valence-electron chi connectivity index (χ0n) is 10.4. The van der Waals surface area contributed by atoms with Gasteiger partial charge in [0.05, 0.1) is 0 Å². The fourth-order valence-electron chi connectivity index (χ4n) is 1.94. The number of hydrogen-bond acceptors (Lipinski definition) is 3. The minimum atomic E-state index is 0.425. The summed E-state index contributed by atoms with van der Waals surface area (Å²) in [5, 5.41) is 3.41. The van der Waals surface area contributed by atoms with Crippen LogP contribution in [-0.2, 0) is 0 Å². The zero-order valence-corrected chi connectivity index (χ0v) is 12.9. The van der Waals surface area contributed by atoms with Crippen molar-refractivity contribution in [3.8, 4) is 0 Å². The average Bonchev–Trinajstić information content (AvgIpc) is 3.14. The first kappa shape index (κ1) is 13.8. The normalized spacial score (nSPS) is 14.8. The van der Waals surface area contributed by atoms with Crippen molar-refractivity contribution in [1.82, 2.24) is 4.90 Å². The molecule has 3 N–H and O–H groups in total. The van der Waals surface area contributed by atoms with Gasteiger partial charge >= 0.3 is 0 Å². The van der Waals surface area contributed by atoms with Crippen LogP contribution in [0.1, 0.15) is 18.4 Å². The third-order valence-electron chi connectivity index (χ3n) is 3.20. The number of benzene rings is 1. The number of nitrogens with two attached hydrogens (primary N) is 1. The number of anilines is 1. The van der Waals surface area contributed by atoms with Crippen molar-refractivity contribution in [3.05, 3.63) is 28.2 Å². The summed E-state index contributed by atoms with van der Waals surface area (Å²) in [5.41, 5.74) is 7.64. The Hall–Kier alpha value is -0.650. The molecule has 0 aliphatic heterocycles. The molecular weight excluding hydrogens is 310 g/mol. The largest absolute Gasteiger partial charge is 0.389 e. The number of hydrogen-bond donors (Lipinski definition) is 2. The molecule has 0 aromatic heterocycles. The molecule has 0 spiro atoms. The molecule has 0 unspecified atom stereocenters. The molecule has 98 valence electrons. The maximum atomic E-state index is 5.73. The van der Waals surface area contributed by atoms with E-state index in [0.29, 0.717) is 4.99 Å². The smallest absolute Gasteiger partial charge is 0.106 e. The number of thiocarbonyl (C=S) groups is 1. The van der Waals surface area contributed by atoms with Crippen LogP contribution in [0.5, 0.6) is 0 Å². The molecule has 1 fully saturated rings. The van der Waals surface area contributed by atoms with Gasteiger partial charge in [-0.2, -0.15) is 0 Å². The second kappa shape index (κ2) is 5.99. The van der Waals surface area contributed by atoms with Crippen LogP contribution in [0.15, 0.2) is 22.7 Å². The lowest BCUT2D eigenvalue weighted by Gasteiger charge is -2.17. The monoisotopic (exact) mass is 327 g/mol. The summed E-state index contributed by atoms with van der Waals surface area (Å²) < 4.78 is 0.992. The maximum absolute atomic E-state index is 5.73. The van der Waals surface area contributed by atoms with Crippen LogP contribution in [0.25, 0.3) is 0 Å². The van der Waals surface area contributed by atoms with Crippen LogP contribution in [0.2, 0.25) is 0 Å². The molecule has 0 saturated heterocycles. The van der Waals surface area contributed by atoms with Crippen molar-refractivity contribution in [1.29, 1.82) is 0 Å². The highest BCUT2D eigenvalue weighted by Gasteiger charge is 2.25. The molecule has 5 heteroatoms. The fourth-order valence-corrected chi connectivity index (χ4v) is 2.47. The lowest BCUT2D eigenvalue weighted by Crippen LogP contribution is -2.27. The number of nitrogens with zero attached hydrogens (tertiary/aromatic N) is 1. The van der Waals surface area contributed by atoms with Crippen molar-refractivity contribution in [2.45, 2.75) is 18.9 Å². The van der Waals surface area contributed by atoms with E-state index in [4.69, 9.17) is 18.0 Å². The maximum Gasteiger partial charge on any atom is 0.106 e. The molecule has 0 bridgehead atoms. The predicted molar refractivity (Wildman–Crippen MR) is 84.2 cm³/mol. The summed E-state index contributed by atoms with van der Waals surface area (Å²) in [6.45, 7) is 1.95. The van der Waals surface area contributed by atoms with Crippen LogP contribution in [0.4, 0.5) is 5.69 Å². The molecule has 1 aliphatic rings. The molecule has 18 heavy (non-hydrogen) atoms. The van der Waals surface area contributed by atoms with Gasteiger partial charge in [-0.15, -0.1) is 0 Å². The summed E-state index contributed by atoms with van der Waals surface area (Å²) in [5.74, 6) is 0. The minimum absolute atomic E-state index is 0.425. The van der Waals surface area contributed by atoms with E-state index in [1.165, 1.54) is 12.8 Å². The van der Waals surface area contributed by atoms with Gasteiger partial charge in [-0.1, -0.05) is 28.1 Å². The molecule has 0 heterocycles. The van der Waals surface area contributed by atoms with Crippen molar-refractivity contribution in [2.24, 2.45) is 5.73 Å². The Kier molecular flexibility index (Phi) is 4.59. The van der Waals surface area contributed by atoms with E-state index in [9.17, 15) is 0 Å². The van der Waals surface area contributed by atoms with Crippen LogP contribution in [0.3, 0.4) is 0 Å². The standard InChI is InChI=1S/C13H18BrN3S/c1-17(10-3-4-10)7-6-16-12-5-2-9(14)8-11(12)13(15)18/h2,5,8,10,16H,3-4,6-7H2,1H3,(H2,15,18). The van der Waals surface area contributed by atoms with Crippen molar-refractivity contribution in [2.75, 3.05) is 25.5 Å². The lowest BCUT2D eigenvalue weighted by atomic mass is 10.2. The highest BCUT2D eigenvalue weighted by molar-refractivity contribution is 9.10. The Bertz CT molecular complexity index is 446. The Balaban J connectivity index is 1.93. The van der Waals surface area contributed by atoms with E-state index in [2.05, 4.69) is 33.2 Å². The summed E-state index contributed by atoms with van der Waals surface area (Å²) in [4.78, 5) is 2.82. The van der Waals surface area contributed by atoms with E-state index in [-0.39, 0.29) is 0 Å². The van der Waals surface area contributed by atoms with Gasteiger partial charge in [0.1, 0.15) is 4.99 Å². The summed E-state index contributed by atoms with van der Waals surface area (Å²) in [6, 6.07) is 6.76. The third-order valence-corrected chi connectivity index (χ3v) is 3.91. The summed E-state index contributed by atoms with van der Waals surface area (Å²) in [6.07, 6.45) is 2.68. The van der Waals surface area contributed by atoms with E-state index in [1.807, 2.05) is 18.2 Å². The first-order valence-electron chi connectivity index (χ1n) is 6.11. The third kappa shape index (κ3) is 3.67. The Morgan fingerprint density at radius 2 is 2.28 bits per heavy atom. The zero-order chi connectivity index (χ0) is 13.1. The van der Waals surface area contributed by atoms with Gasteiger partial charge < -0.3 is 16.0 Å². The van der Waals surface area contributed by atoms with Gasteiger partial charge in [0, 0.05) is 34.9 Å². The molecule has 0 atom stereocenters. The van der Waals surface area contributed by atoms with Crippen LogP contribution in [-0.4, -0.2) is 36.1 Å². The van der Waals surface area contributed by atoms with Gasteiger partial charge in [0.15, 0.2) is 0 Å². The summed E-state index contributed by atoms with van der Waals surface area (Å²) in [7, 11) is 2.18. The Morgan fingerprint density at radius 1 is 1.56 bits per heavy atom. The number of likely N-dealkylation sites (N-methyl/N-ethyl adjacent to an activating group) is 1. The van der Waals surface area contributed by atoms with Crippen molar-refractivity contribution < 1.29 is 0 Å². The second-order valence-electron chi connectivity index (χ2n) is 4.69. The SMILES string of the molecule is CN(CCNc1ccc(Br)cc1C(N)=S)C1CC1. The summed E-state index contributed by atoms with van der Waals surface area (Å²) >= 11 is 8.50. The van der Waals surface area contributed by atoms with E-state index >= 15 is 0 Å². The highest BCUT2D eigenvalue weighted by atomic mass is 79.9. The minimum Gasteiger partial charge on any atom is -0.389 e. The first-order chi connectivity index (χ1) is 8.58. The second-order valence-corrected chi connectivity index (χ2v) is 6.05. The quantitative estimate of drug-likeness (QED) is 0.788. The molecule has 1 aromatic rings. The molecule has 1 aromatic carbocycles. The van der Waals surface area contributed by atoms with Gasteiger partial charge in [-0.3, -0.25) is 0 Å². The van der Waals surface area contributed by atoms with Crippen LogP contribution in [0, 0.1) is 0 Å². The number of rotatable bonds is 6. The topological polar surface area (TPSA) is 41.3 Å². The molecule has 0 radical (unpaired) electrons. The van der Waals surface area contributed by atoms with Crippen molar-refractivity contribution in [3.63, 3.8) is 0 Å². The molecule has 2 rings (SSSR count). The molecular formula is C13H18BrN3S. The van der Waals surface area contributed by atoms with E-state index in [0.717, 1.165) is 34.9 Å². The first-order valence-corrected chi connectivity index (χ1v) is 7.31. The Morgan fingerprint density at radius 3 is 2.89 bits per heavy atom. The molecule has 3 nitrogen and oxygen atoms in total. The van der Waals surface area contributed by atoms with E-state index in [1.54, 1.807) is 0 Å². The van der Waals surface area contributed by atoms with Gasteiger partial charge in [0.25, 0.3) is 0 Å². The fraction of sp³-hybridized carbons (Fsp3) is 0.462. The average molecular weight is 328 g/mol.